The van der Waals surface area contributed by atoms with E-state index in [-0.39, 0.29) is 6.42 Å². The molecule has 0 aromatic carbocycles. The van der Waals surface area contributed by atoms with Gasteiger partial charge in [-0.2, -0.15) is 0 Å². The average Bonchev–Trinajstić information content (AvgIpc) is 2.53. The van der Waals surface area contributed by atoms with E-state index in [0.29, 0.717) is 6.42 Å². The molecule has 24 heavy (non-hydrogen) atoms. The van der Waals surface area contributed by atoms with Crippen molar-refractivity contribution in [3.8, 4) is 0 Å². The Morgan fingerprint density at radius 1 is 0.708 bits per heavy atom. The summed E-state index contributed by atoms with van der Waals surface area (Å²) in [5.74, 6) is -3.72. The van der Waals surface area contributed by atoms with Gasteiger partial charge in [0.05, 0.1) is 0 Å². The van der Waals surface area contributed by atoms with E-state index in [1.807, 2.05) is 0 Å². The van der Waals surface area contributed by atoms with Crippen molar-refractivity contribution < 1.29 is 19.8 Å². The largest absolute Gasteiger partial charge is 0.481 e. The zero-order valence-corrected chi connectivity index (χ0v) is 15.3. The van der Waals surface area contributed by atoms with Crippen molar-refractivity contribution in [3.05, 3.63) is 12.2 Å². The molecule has 0 atom stereocenters. The van der Waals surface area contributed by atoms with Gasteiger partial charge in [-0.05, 0) is 32.1 Å². The molecule has 0 amide bonds. The van der Waals surface area contributed by atoms with Crippen molar-refractivity contribution in [2.45, 2.75) is 96.8 Å². The fraction of sp³-hybridized carbons (Fsp3) is 0.800. The number of aliphatic carboxylic acids is 2. The number of carboxylic acids is 2. The van der Waals surface area contributed by atoms with E-state index in [2.05, 4.69) is 19.1 Å². The van der Waals surface area contributed by atoms with Gasteiger partial charge in [0.15, 0.2) is 5.92 Å². The van der Waals surface area contributed by atoms with Crippen molar-refractivity contribution >= 4 is 11.9 Å². The van der Waals surface area contributed by atoms with Gasteiger partial charge in [-0.15, -0.1) is 0 Å². The van der Waals surface area contributed by atoms with Crippen LogP contribution in [-0.2, 0) is 9.59 Å². The molecule has 0 spiro atoms. The Hall–Kier alpha value is -1.32. The normalized spacial score (nSPS) is 11.4. The number of rotatable bonds is 17. The van der Waals surface area contributed by atoms with E-state index in [9.17, 15) is 9.59 Å². The van der Waals surface area contributed by atoms with Crippen molar-refractivity contribution in [2.24, 2.45) is 5.92 Å². The van der Waals surface area contributed by atoms with Gasteiger partial charge in [0, 0.05) is 0 Å². The maximum absolute atomic E-state index is 10.7. The molecule has 0 aliphatic rings. The monoisotopic (exact) mass is 340 g/mol. The van der Waals surface area contributed by atoms with Crippen molar-refractivity contribution in [1.82, 2.24) is 0 Å². The third-order valence-electron chi connectivity index (χ3n) is 4.35. The fourth-order valence-electron chi connectivity index (χ4n) is 2.77. The lowest BCUT2D eigenvalue weighted by molar-refractivity contribution is -0.154. The molecule has 4 nitrogen and oxygen atoms in total. The van der Waals surface area contributed by atoms with Gasteiger partial charge in [0.2, 0.25) is 0 Å². The molecular formula is C20H36O4. The minimum Gasteiger partial charge on any atom is -0.481 e. The summed E-state index contributed by atoms with van der Waals surface area (Å²) in [6, 6.07) is 0. The molecule has 0 aliphatic heterocycles. The SMILES string of the molecule is CCCCCCCCCCCC=CCCCCC(C(=O)O)C(=O)O. The lowest BCUT2D eigenvalue weighted by Crippen LogP contribution is -2.23. The lowest BCUT2D eigenvalue weighted by atomic mass is 10.0. The van der Waals surface area contributed by atoms with Crippen LogP contribution in [0, 0.1) is 5.92 Å². The molecule has 140 valence electrons. The molecule has 0 radical (unpaired) electrons. The van der Waals surface area contributed by atoms with Crippen LogP contribution in [0.25, 0.3) is 0 Å². The predicted octanol–water partition coefficient (Wildman–Crippen LogP) is 5.81. The Morgan fingerprint density at radius 2 is 1.12 bits per heavy atom. The van der Waals surface area contributed by atoms with Crippen LogP contribution in [0.15, 0.2) is 12.2 Å². The van der Waals surface area contributed by atoms with Gasteiger partial charge >= 0.3 is 11.9 Å². The number of unbranched alkanes of at least 4 members (excludes halogenated alkanes) is 11. The fourth-order valence-corrected chi connectivity index (χ4v) is 2.77. The highest BCUT2D eigenvalue weighted by Gasteiger charge is 2.24. The number of carbonyl (C=O) groups is 2. The summed E-state index contributed by atoms with van der Waals surface area (Å²) in [4.78, 5) is 21.4. The molecule has 4 heteroatoms. The quantitative estimate of drug-likeness (QED) is 0.199. The molecule has 0 heterocycles. The molecule has 0 saturated carbocycles. The summed E-state index contributed by atoms with van der Waals surface area (Å²) in [6.07, 6.45) is 20.2. The third-order valence-corrected chi connectivity index (χ3v) is 4.35. The Balaban J connectivity index is 3.35. The minimum absolute atomic E-state index is 0.219. The summed E-state index contributed by atoms with van der Waals surface area (Å²) < 4.78 is 0. The van der Waals surface area contributed by atoms with Crippen LogP contribution < -0.4 is 0 Å². The van der Waals surface area contributed by atoms with E-state index >= 15 is 0 Å². The van der Waals surface area contributed by atoms with E-state index in [1.165, 1.54) is 57.8 Å². The Bertz CT molecular complexity index is 336. The van der Waals surface area contributed by atoms with Gasteiger partial charge < -0.3 is 10.2 Å². The Morgan fingerprint density at radius 3 is 1.58 bits per heavy atom. The Labute approximate surface area is 147 Å². The smallest absolute Gasteiger partial charge is 0.317 e. The highest BCUT2D eigenvalue weighted by molar-refractivity contribution is 5.92. The van der Waals surface area contributed by atoms with Gasteiger partial charge in [-0.3, -0.25) is 9.59 Å². The average molecular weight is 341 g/mol. The third kappa shape index (κ3) is 14.3. The van der Waals surface area contributed by atoms with Crippen LogP contribution in [-0.4, -0.2) is 22.2 Å². The first-order valence-corrected chi connectivity index (χ1v) is 9.70. The number of hydrogen-bond acceptors (Lipinski definition) is 2. The highest BCUT2D eigenvalue weighted by atomic mass is 16.4. The lowest BCUT2D eigenvalue weighted by Gasteiger charge is -2.05. The van der Waals surface area contributed by atoms with Crippen molar-refractivity contribution in [3.63, 3.8) is 0 Å². The molecule has 0 saturated heterocycles. The molecule has 0 aliphatic carbocycles. The molecule has 0 bridgehead atoms. The predicted molar refractivity (Wildman–Crippen MR) is 98.2 cm³/mol. The maximum atomic E-state index is 10.7. The van der Waals surface area contributed by atoms with Crippen molar-refractivity contribution in [1.29, 1.82) is 0 Å². The van der Waals surface area contributed by atoms with Crippen LogP contribution >= 0.6 is 0 Å². The maximum Gasteiger partial charge on any atom is 0.317 e. The highest BCUT2D eigenvalue weighted by Crippen LogP contribution is 2.12. The zero-order valence-electron chi connectivity index (χ0n) is 15.3. The molecule has 0 unspecified atom stereocenters. The first-order chi connectivity index (χ1) is 11.6. The first-order valence-electron chi connectivity index (χ1n) is 9.70. The summed E-state index contributed by atoms with van der Waals surface area (Å²) in [5.41, 5.74) is 0. The molecule has 0 aromatic heterocycles. The molecule has 2 N–H and O–H groups in total. The summed E-state index contributed by atoms with van der Waals surface area (Å²) >= 11 is 0. The van der Waals surface area contributed by atoms with Crippen molar-refractivity contribution in [2.75, 3.05) is 0 Å². The first kappa shape index (κ1) is 22.7. The molecule has 0 fully saturated rings. The topological polar surface area (TPSA) is 74.6 Å². The molecule has 0 rings (SSSR count). The number of allylic oxidation sites excluding steroid dienone is 2. The van der Waals surface area contributed by atoms with Crippen LogP contribution in [0.1, 0.15) is 96.8 Å². The molecule has 0 aromatic rings. The Kier molecular flexibility index (Phi) is 15.6. The van der Waals surface area contributed by atoms with Crippen LogP contribution in [0.3, 0.4) is 0 Å². The number of hydrogen-bond donors (Lipinski definition) is 2. The zero-order chi connectivity index (χ0) is 18.0. The van der Waals surface area contributed by atoms with Gasteiger partial charge in [-0.1, -0.05) is 76.9 Å². The molecular weight excluding hydrogens is 304 g/mol. The summed E-state index contributed by atoms with van der Waals surface area (Å²) in [5, 5.41) is 17.5. The van der Waals surface area contributed by atoms with Gasteiger partial charge in [0.25, 0.3) is 0 Å². The van der Waals surface area contributed by atoms with Crippen LogP contribution in [0.5, 0.6) is 0 Å². The van der Waals surface area contributed by atoms with E-state index in [4.69, 9.17) is 10.2 Å². The second kappa shape index (κ2) is 16.5. The second-order valence-corrected chi connectivity index (χ2v) is 6.60. The van der Waals surface area contributed by atoms with Crippen LogP contribution in [0.2, 0.25) is 0 Å². The minimum atomic E-state index is -1.25. The van der Waals surface area contributed by atoms with E-state index in [0.717, 1.165) is 19.3 Å². The van der Waals surface area contributed by atoms with Gasteiger partial charge in [-0.25, -0.2) is 0 Å². The number of carboxylic acid groups (broad SMARTS) is 2. The van der Waals surface area contributed by atoms with Gasteiger partial charge in [0.1, 0.15) is 0 Å². The summed E-state index contributed by atoms with van der Waals surface area (Å²) in [6.45, 7) is 2.25. The second-order valence-electron chi connectivity index (χ2n) is 6.60. The van der Waals surface area contributed by atoms with Crippen LogP contribution in [0.4, 0.5) is 0 Å². The van der Waals surface area contributed by atoms with E-state index < -0.39 is 17.9 Å². The summed E-state index contributed by atoms with van der Waals surface area (Å²) in [7, 11) is 0. The van der Waals surface area contributed by atoms with E-state index in [1.54, 1.807) is 0 Å². The standard InChI is InChI=1S/C20H36O4/c1-2-3-4-5-6-7-8-9-10-11-12-13-14-15-16-17-18(19(21)22)20(23)24/h12-13,18H,2-11,14-17H2,1H3,(H,21,22)(H,23,24).